The molecule has 3 rings (SSSR count). The number of morpholine rings is 1. The molecule has 0 bridgehead atoms. The van der Waals surface area contributed by atoms with E-state index < -0.39 is 5.60 Å². The van der Waals surface area contributed by atoms with E-state index in [0.717, 1.165) is 32.8 Å². The summed E-state index contributed by atoms with van der Waals surface area (Å²) in [4.78, 5) is 4.76. The molecule has 1 aromatic carbocycles. The van der Waals surface area contributed by atoms with E-state index in [1.54, 1.807) is 0 Å². The molecule has 1 atom stereocenters. The third-order valence-corrected chi connectivity index (χ3v) is 5.16. The molecule has 2 saturated heterocycles. The molecule has 2 aliphatic rings. The molecule has 0 saturated carbocycles. The molecular weight excluding hydrogens is 314 g/mol. The lowest BCUT2D eigenvalue weighted by atomic mass is 10.1. The van der Waals surface area contributed by atoms with Crippen LogP contribution in [0.15, 0.2) is 24.3 Å². The van der Waals surface area contributed by atoms with Gasteiger partial charge in [-0.15, -0.1) is 0 Å². The molecule has 1 aromatic rings. The number of aliphatic hydroxyl groups is 1. The van der Waals surface area contributed by atoms with Crippen LogP contribution in [-0.4, -0.2) is 68.1 Å². The predicted molar refractivity (Wildman–Crippen MR) is 102 cm³/mol. The fourth-order valence-corrected chi connectivity index (χ4v) is 3.75. The Morgan fingerprint density at radius 3 is 2.40 bits per heavy atom. The highest BCUT2D eigenvalue weighted by Gasteiger charge is 2.24. The fourth-order valence-electron chi connectivity index (χ4n) is 3.75. The van der Waals surface area contributed by atoms with Crippen LogP contribution in [0.3, 0.4) is 0 Å². The first-order valence-corrected chi connectivity index (χ1v) is 9.69. The van der Waals surface area contributed by atoms with E-state index in [0.29, 0.717) is 13.1 Å². The van der Waals surface area contributed by atoms with Crippen molar-refractivity contribution >= 4 is 5.69 Å². The summed E-state index contributed by atoms with van der Waals surface area (Å²) >= 11 is 0. The Morgan fingerprint density at radius 2 is 1.72 bits per heavy atom. The van der Waals surface area contributed by atoms with Crippen LogP contribution in [0, 0.1) is 0 Å². The Labute approximate surface area is 152 Å². The van der Waals surface area contributed by atoms with Gasteiger partial charge < -0.3 is 20.1 Å². The van der Waals surface area contributed by atoms with Gasteiger partial charge in [-0.1, -0.05) is 12.1 Å². The van der Waals surface area contributed by atoms with Crippen molar-refractivity contribution in [1.29, 1.82) is 0 Å². The van der Waals surface area contributed by atoms with Gasteiger partial charge in [0.25, 0.3) is 0 Å². The van der Waals surface area contributed by atoms with Gasteiger partial charge in [0.2, 0.25) is 0 Å². The minimum atomic E-state index is -0.717. The first-order valence-electron chi connectivity index (χ1n) is 9.69. The molecule has 5 nitrogen and oxygen atoms in total. The number of hydrogen-bond donors (Lipinski definition) is 2. The summed E-state index contributed by atoms with van der Waals surface area (Å²) < 4.78 is 5.36. The summed E-state index contributed by atoms with van der Waals surface area (Å²) in [6.45, 7) is 9.72. The van der Waals surface area contributed by atoms with E-state index in [1.807, 2.05) is 6.92 Å². The highest BCUT2D eigenvalue weighted by molar-refractivity contribution is 5.47. The van der Waals surface area contributed by atoms with Gasteiger partial charge in [-0.05, 0) is 43.9 Å². The highest BCUT2D eigenvalue weighted by atomic mass is 16.5. The van der Waals surface area contributed by atoms with Gasteiger partial charge in [0.1, 0.15) is 0 Å². The smallest absolute Gasteiger partial charge is 0.0869 e. The molecule has 1 unspecified atom stereocenters. The molecule has 0 spiro atoms. The monoisotopic (exact) mass is 347 g/mol. The van der Waals surface area contributed by atoms with Gasteiger partial charge in [-0.3, -0.25) is 4.90 Å². The van der Waals surface area contributed by atoms with Gasteiger partial charge in [-0.2, -0.15) is 0 Å². The molecule has 0 aromatic heterocycles. The minimum absolute atomic E-state index is 0.595. The molecule has 140 valence electrons. The van der Waals surface area contributed by atoms with Crippen molar-refractivity contribution in [3.63, 3.8) is 0 Å². The lowest BCUT2D eigenvalue weighted by Gasteiger charge is -2.34. The number of nitrogens with zero attached hydrogens (tertiary/aromatic N) is 2. The summed E-state index contributed by atoms with van der Waals surface area (Å²) in [6.07, 6.45) is 3.98. The Bertz CT molecular complexity index is 506. The summed E-state index contributed by atoms with van der Waals surface area (Å²) in [7, 11) is 0. The van der Waals surface area contributed by atoms with Gasteiger partial charge in [0.15, 0.2) is 0 Å². The van der Waals surface area contributed by atoms with Crippen LogP contribution in [0.5, 0.6) is 0 Å². The molecule has 0 amide bonds. The number of nitrogens with one attached hydrogen (secondary N) is 1. The van der Waals surface area contributed by atoms with Crippen molar-refractivity contribution in [3.05, 3.63) is 29.8 Å². The van der Waals surface area contributed by atoms with E-state index in [1.165, 1.54) is 43.6 Å². The third kappa shape index (κ3) is 5.96. The van der Waals surface area contributed by atoms with Crippen LogP contribution in [-0.2, 0) is 11.3 Å². The standard InChI is InChI=1S/C20H33N3O2/c1-20(24,17-22-11-13-25-14-12-22)16-21-15-18-5-7-19(8-6-18)23-9-3-2-4-10-23/h5-8,21,24H,2-4,9-17H2,1H3. The molecule has 25 heavy (non-hydrogen) atoms. The summed E-state index contributed by atoms with van der Waals surface area (Å²) in [5.41, 5.74) is 1.89. The average Bonchev–Trinajstić information content (AvgIpc) is 2.63. The number of β-amino-alcohol motifs (C(OH)–C–C–N with tert-alkyl or cyclic N) is 1. The van der Waals surface area contributed by atoms with Gasteiger partial charge in [0, 0.05) is 51.5 Å². The second-order valence-electron chi connectivity index (χ2n) is 7.70. The molecule has 2 N–H and O–H groups in total. The van der Waals surface area contributed by atoms with Crippen LogP contribution in [0.2, 0.25) is 0 Å². The Hall–Kier alpha value is -1.14. The summed E-state index contributed by atoms with van der Waals surface area (Å²) in [6, 6.07) is 8.86. The van der Waals surface area contributed by atoms with Crippen molar-refractivity contribution in [2.45, 2.75) is 38.3 Å². The first-order chi connectivity index (χ1) is 12.1. The van der Waals surface area contributed by atoms with Crippen LogP contribution >= 0.6 is 0 Å². The van der Waals surface area contributed by atoms with Crippen molar-refractivity contribution in [2.24, 2.45) is 0 Å². The zero-order chi connectivity index (χ0) is 17.5. The van der Waals surface area contributed by atoms with E-state index in [4.69, 9.17) is 4.74 Å². The maximum Gasteiger partial charge on any atom is 0.0869 e. The van der Waals surface area contributed by atoms with E-state index in [-0.39, 0.29) is 0 Å². The number of anilines is 1. The molecule has 2 aliphatic heterocycles. The van der Waals surface area contributed by atoms with Gasteiger partial charge in [-0.25, -0.2) is 0 Å². The van der Waals surface area contributed by atoms with Gasteiger partial charge in [0.05, 0.1) is 18.8 Å². The zero-order valence-corrected chi connectivity index (χ0v) is 15.5. The number of ether oxygens (including phenoxy) is 1. The lowest BCUT2D eigenvalue weighted by molar-refractivity contribution is -0.0219. The maximum absolute atomic E-state index is 10.6. The number of hydrogen-bond acceptors (Lipinski definition) is 5. The zero-order valence-electron chi connectivity index (χ0n) is 15.5. The van der Waals surface area contributed by atoms with E-state index in [9.17, 15) is 5.11 Å². The van der Waals surface area contributed by atoms with Crippen LogP contribution in [0.1, 0.15) is 31.7 Å². The number of rotatable bonds is 7. The summed E-state index contributed by atoms with van der Waals surface area (Å²) in [5, 5.41) is 14.0. The van der Waals surface area contributed by atoms with Crippen molar-refractivity contribution in [3.8, 4) is 0 Å². The van der Waals surface area contributed by atoms with Crippen LogP contribution in [0.25, 0.3) is 0 Å². The molecule has 0 radical (unpaired) electrons. The van der Waals surface area contributed by atoms with Crippen LogP contribution in [0.4, 0.5) is 5.69 Å². The van der Waals surface area contributed by atoms with E-state index in [2.05, 4.69) is 39.4 Å². The largest absolute Gasteiger partial charge is 0.388 e. The molecule has 2 heterocycles. The topological polar surface area (TPSA) is 48.0 Å². The SMILES string of the molecule is CC(O)(CNCc1ccc(N2CCCCC2)cc1)CN1CCOCC1. The van der Waals surface area contributed by atoms with Crippen molar-refractivity contribution in [1.82, 2.24) is 10.2 Å². The Kier molecular flexibility index (Phi) is 6.70. The maximum atomic E-state index is 10.6. The quantitative estimate of drug-likeness (QED) is 0.788. The molecule has 5 heteroatoms. The number of benzene rings is 1. The lowest BCUT2D eigenvalue weighted by Crippen LogP contribution is -2.50. The van der Waals surface area contributed by atoms with Crippen molar-refractivity contribution < 1.29 is 9.84 Å². The average molecular weight is 348 g/mol. The minimum Gasteiger partial charge on any atom is -0.388 e. The fraction of sp³-hybridized carbons (Fsp3) is 0.700. The normalized spacial score (nSPS) is 21.9. The van der Waals surface area contributed by atoms with E-state index >= 15 is 0 Å². The second-order valence-corrected chi connectivity index (χ2v) is 7.70. The van der Waals surface area contributed by atoms with Crippen molar-refractivity contribution in [2.75, 3.05) is 57.4 Å². The molecule has 2 fully saturated rings. The first kappa shape index (κ1) is 18.6. The Morgan fingerprint density at radius 1 is 1.04 bits per heavy atom. The second kappa shape index (κ2) is 8.99. The van der Waals surface area contributed by atoms with Crippen LogP contribution < -0.4 is 10.2 Å². The third-order valence-electron chi connectivity index (χ3n) is 5.16. The summed E-state index contributed by atoms with van der Waals surface area (Å²) in [5.74, 6) is 0. The molecular formula is C20H33N3O2. The van der Waals surface area contributed by atoms with Gasteiger partial charge >= 0.3 is 0 Å². The number of piperidine rings is 1. The predicted octanol–water partition coefficient (Wildman–Crippen LogP) is 1.85. The highest BCUT2D eigenvalue weighted by Crippen LogP contribution is 2.20. The Balaban J connectivity index is 1.41. The molecule has 0 aliphatic carbocycles.